The number of thiocarbonyl (C=S) groups is 1. The Morgan fingerprint density at radius 3 is 2.32 bits per heavy atom. The van der Waals surface area contributed by atoms with Crippen LogP contribution in [-0.4, -0.2) is 24.1 Å². The SMILES string of the molecule is CCN(CC)c1ccc(NC(=S)NC(=O)c2ccc(Cl)cc2)c(C)c1. The number of carbonyl (C=O) groups is 1. The van der Waals surface area contributed by atoms with Crippen molar-refractivity contribution in [3.8, 4) is 0 Å². The fraction of sp³-hybridized carbons (Fsp3) is 0.263. The predicted octanol–water partition coefficient (Wildman–Crippen LogP) is 4.62. The molecule has 0 heterocycles. The van der Waals surface area contributed by atoms with E-state index in [4.69, 9.17) is 23.8 Å². The van der Waals surface area contributed by atoms with E-state index in [0.29, 0.717) is 10.6 Å². The summed E-state index contributed by atoms with van der Waals surface area (Å²) in [6.45, 7) is 8.19. The minimum absolute atomic E-state index is 0.263. The molecule has 0 aliphatic rings. The third-order valence-corrected chi connectivity index (χ3v) is 4.38. The molecule has 0 atom stereocenters. The monoisotopic (exact) mass is 375 g/mol. The van der Waals surface area contributed by atoms with Gasteiger partial charge in [-0.3, -0.25) is 10.1 Å². The number of nitrogens with one attached hydrogen (secondary N) is 2. The molecular formula is C19H22ClN3OS. The molecule has 25 heavy (non-hydrogen) atoms. The van der Waals surface area contributed by atoms with Crippen LogP contribution in [0.15, 0.2) is 42.5 Å². The van der Waals surface area contributed by atoms with Gasteiger partial charge in [-0.25, -0.2) is 0 Å². The Hall–Kier alpha value is -2.11. The molecule has 0 aliphatic heterocycles. The summed E-state index contributed by atoms with van der Waals surface area (Å²) in [6.07, 6.45) is 0. The van der Waals surface area contributed by atoms with E-state index < -0.39 is 0 Å². The van der Waals surface area contributed by atoms with E-state index in [2.05, 4.69) is 35.4 Å². The second-order valence-electron chi connectivity index (χ2n) is 5.59. The van der Waals surface area contributed by atoms with Crippen molar-refractivity contribution in [3.05, 3.63) is 58.6 Å². The molecule has 2 rings (SSSR count). The van der Waals surface area contributed by atoms with Crippen molar-refractivity contribution >= 4 is 46.2 Å². The molecule has 0 spiro atoms. The lowest BCUT2D eigenvalue weighted by atomic mass is 10.1. The van der Waals surface area contributed by atoms with Crippen LogP contribution in [0.1, 0.15) is 29.8 Å². The Bertz CT molecular complexity index is 758. The summed E-state index contributed by atoms with van der Waals surface area (Å²) in [5, 5.41) is 6.61. The Kier molecular flexibility index (Phi) is 6.79. The van der Waals surface area contributed by atoms with Crippen molar-refractivity contribution in [1.82, 2.24) is 5.32 Å². The minimum atomic E-state index is -0.272. The van der Waals surface area contributed by atoms with Gasteiger partial charge in [0.15, 0.2) is 5.11 Å². The molecule has 0 saturated carbocycles. The number of amides is 1. The zero-order valence-electron chi connectivity index (χ0n) is 14.6. The van der Waals surface area contributed by atoms with Crippen LogP contribution in [0.2, 0.25) is 5.02 Å². The Labute approximate surface area is 159 Å². The molecule has 6 heteroatoms. The summed E-state index contributed by atoms with van der Waals surface area (Å²) in [5.41, 5.74) is 3.61. The first kappa shape index (κ1) is 19.2. The lowest BCUT2D eigenvalue weighted by Gasteiger charge is -2.22. The standard InChI is InChI=1S/C19H22ClN3OS/c1-4-23(5-2)16-10-11-17(13(3)12-16)21-19(25)22-18(24)14-6-8-15(20)9-7-14/h6-12H,4-5H2,1-3H3,(H2,21,22,24,25). The van der Waals surface area contributed by atoms with Gasteiger partial charge < -0.3 is 10.2 Å². The number of hydrogen-bond acceptors (Lipinski definition) is 3. The second-order valence-corrected chi connectivity index (χ2v) is 6.43. The van der Waals surface area contributed by atoms with Gasteiger partial charge in [-0.05, 0) is 81.0 Å². The Balaban J connectivity index is 2.02. The van der Waals surface area contributed by atoms with E-state index in [1.807, 2.05) is 19.1 Å². The number of benzene rings is 2. The van der Waals surface area contributed by atoms with Crippen molar-refractivity contribution in [1.29, 1.82) is 0 Å². The Morgan fingerprint density at radius 2 is 1.76 bits per heavy atom. The molecule has 0 unspecified atom stereocenters. The van der Waals surface area contributed by atoms with Crippen LogP contribution in [0, 0.1) is 6.92 Å². The van der Waals surface area contributed by atoms with E-state index >= 15 is 0 Å². The first-order valence-corrected chi connectivity index (χ1v) is 8.96. The molecule has 2 N–H and O–H groups in total. The zero-order chi connectivity index (χ0) is 18.4. The van der Waals surface area contributed by atoms with Crippen molar-refractivity contribution < 1.29 is 4.79 Å². The van der Waals surface area contributed by atoms with Gasteiger partial charge in [0.05, 0.1) is 0 Å². The molecule has 132 valence electrons. The number of halogens is 1. The topological polar surface area (TPSA) is 44.4 Å². The molecule has 0 aromatic heterocycles. The third kappa shape index (κ3) is 5.18. The zero-order valence-corrected chi connectivity index (χ0v) is 16.2. The second kappa shape index (κ2) is 8.83. The fourth-order valence-electron chi connectivity index (χ4n) is 2.50. The summed E-state index contributed by atoms with van der Waals surface area (Å²) >= 11 is 11.1. The third-order valence-electron chi connectivity index (χ3n) is 3.92. The van der Waals surface area contributed by atoms with E-state index in [1.54, 1.807) is 24.3 Å². The van der Waals surface area contributed by atoms with Gasteiger partial charge in [-0.1, -0.05) is 11.6 Å². The van der Waals surface area contributed by atoms with Crippen LogP contribution in [0.4, 0.5) is 11.4 Å². The number of rotatable bonds is 5. The quantitative estimate of drug-likeness (QED) is 0.748. The molecule has 2 aromatic carbocycles. The van der Waals surface area contributed by atoms with Crippen molar-refractivity contribution in [2.75, 3.05) is 23.3 Å². The molecule has 0 radical (unpaired) electrons. The molecule has 0 aliphatic carbocycles. The lowest BCUT2D eigenvalue weighted by molar-refractivity contribution is 0.0977. The highest BCUT2D eigenvalue weighted by Crippen LogP contribution is 2.22. The van der Waals surface area contributed by atoms with Gasteiger partial charge in [-0.2, -0.15) is 0 Å². The summed E-state index contributed by atoms with van der Waals surface area (Å²) in [4.78, 5) is 14.4. The normalized spacial score (nSPS) is 10.2. The van der Waals surface area contributed by atoms with Crippen molar-refractivity contribution in [2.45, 2.75) is 20.8 Å². The first-order chi connectivity index (χ1) is 11.9. The summed E-state index contributed by atoms with van der Waals surface area (Å²) in [5.74, 6) is -0.272. The molecular weight excluding hydrogens is 354 g/mol. The van der Waals surface area contributed by atoms with Gasteiger partial charge in [0.2, 0.25) is 0 Å². The van der Waals surface area contributed by atoms with Gasteiger partial charge in [-0.15, -0.1) is 0 Å². The van der Waals surface area contributed by atoms with Crippen molar-refractivity contribution in [3.63, 3.8) is 0 Å². The number of hydrogen-bond donors (Lipinski definition) is 2. The van der Waals surface area contributed by atoms with Crippen molar-refractivity contribution in [2.24, 2.45) is 0 Å². The summed E-state index contributed by atoms with van der Waals surface area (Å²) in [7, 11) is 0. The Morgan fingerprint density at radius 1 is 1.12 bits per heavy atom. The maximum atomic E-state index is 12.2. The van der Waals surface area contributed by atoms with Crippen LogP contribution in [0.25, 0.3) is 0 Å². The van der Waals surface area contributed by atoms with Crippen LogP contribution < -0.4 is 15.5 Å². The van der Waals surface area contributed by atoms with E-state index in [9.17, 15) is 4.79 Å². The van der Waals surface area contributed by atoms with Crippen LogP contribution in [0.3, 0.4) is 0 Å². The number of carbonyl (C=O) groups excluding carboxylic acids is 1. The molecule has 0 saturated heterocycles. The van der Waals surface area contributed by atoms with Crippen LogP contribution in [0.5, 0.6) is 0 Å². The highest BCUT2D eigenvalue weighted by Gasteiger charge is 2.10. The van der Waals surface area contributed by atoms with Gasteiger partial charge in [0.1, 0.15) is 0 Å². The van der Waals surface area contributed by atoms with E-state index in [-0.39, 0.29) is 11.0 Å². The number of aryl methyl sites for hydroxylation is 1. The van der Waals surface area contributed by atoms with Crippen LogP contribution in [-0.2, 0) is 0 Å². The highest BCUT2D eigenvalue weighted by atomic mass is 35.5. The summed E-state index contributed by atoms with van der Waals surface area (Å²) in [6, 6.07) is 12.8. The fourth-order valence-corrected chi connectivity index (χ4v) is 2.83. The molecule has 0 bridgehead atoms. The predicted molar refractivity (Wildman–Crippen MR) is 110 cm³/mol. The number of nitrogens with zero attached hydrogens (tertiary/aromatic N) is 1. The first-order valence-electron chi connectivity index (χ1n) is 8.18. The molecule has 4 nitrogen and oxygen atoms in total. The van der Waals surface area contributed by atoms with Crippen LogP contribution >= 0.6 is 23.8 Å². The molecule has 0 fully saturated rings. The lowest BCUT2D eigenvalue weighted by Crippen LogP contribution is -2.34. The number of anilines is 2. The molecule has 1 amide bonds. The largest absolute Gasteiger partial charge is 0.372 e. The molecule has 2 aromatic rings. The van der Waals surface area contributed by atoms with E-state index in [1.165, 1.54) is 5.69 Å². The summed E-state index contributed by atoms with van der Waals surface area (Å²) < 4.78 is 0. The van der Waals surface area contributed by atoms with Gasteiger partial charge >= 0.3 is 0 Å². The van der Waals surface area contributed by atoms with E-state index in [0.717, 1.165) is 24.3 Å². The maximum absolute atomic E-state index is 12.2. The van der Waals surface area contributed by atoms with Gasteiger partial charge in [0.25, 0.3) is 5.91 Å². The minimum Gasteiger partial charge on any atom is -0.372 e. The average Bonchev–Trinajstić information content (AvgIpc) is 2.58. The average molecular weight is 376 g/mol. The van der Waals surface area contributed by atoms with Gasteiger partial charge in [0, 0.05) is 35.1 Å². The maximum Gasteiger partial charge on any atom is 0.257 e. The smallest absolute Gasteiger partial charge is 0.257 e. The highest BCUT2D eigenvalue weighted by molar-refractivity contribution is 7.80.